The van der Waals surface area contributed by atoms with Crippen LogP contribution in [0.1, 0.15) is 41.5 Å². The Hall–Kier alpha value is -0.610. The molecule has 102 valence electrons. The van der Waals surface area contributed by atoms with E-state index in [4.69, 9.17) is 0 Å². The summed E-state index contributed by atoms with van der Waals surface area (Å²) < 4.78 is 0. The largest absolute Gasteiger partial charge is 0.382 e. The van der Waals surface area contributed by atoms with Gasteiger partial charge >= 0.3 is 0 Å². The van der Waals surface area contributed by atoms with E-state index in [9.17, 15) is 9.90 Å². The molecule has 4 heteroatoms. The Morgan fingerprint density at radius 3 is 2.18 bits per heavy atom. The Morgan fingerprint density at radius 1 is 1.24 bits per heavy atom. The maximum absolute atomic E-state index is 11.6. The molecule has 2 atom stereocenters. The van der Waals surface area contributed by atoms with Gasteiger partial charge in [-0.2, -0.15) is 0 Å². The van der Waals surface area contributed by atoms with E-state index in [1.807, 2.05) is 20.8 Å². The molecule has 4 nitrogen and oxygen atoms in total. The highest BCUT2D eigenvalue weighted by Crippen LogP contribution is 2.11. The van der Waals surface area contributed by atoms with Crippen LogP contribution in [0.3, 0.4) is 0 Å². The van der Waals surface area contributed by atoms with Crippen LogP contribution in [0.4, 0.5) is 0 Å². The van der Waals surface area contributed by atoms with Gasteiger partial charge in [0.2, 0.25) is 5.91 Å². The fourth-order valence-electron chi connectivity index (χ4n) is 1.22. The number of carbonyl (C=O) groups is 1. The van der Waals surface area contributed by atoms with Crippen molar-refractivity contribution in [1.82, 2.24) is 10.6 Å². The van der Waals surface area contributed by atoms with Crippen LogP contribution < -0.4 is 10.6 Å². The van der Waals surface area contributed by atoms with Gasteiger partial charge in [0.05, 0.1) is 0 Å². The maximum Gasteiger partial charge on any atom is 0.250 e. The zero-order chi connectivity index (χ0) is 13.6. The number of amides is 1. The first-order valence-corrected chi connectivity index (χ1v) is 6.32. The molecule has 0 spiro atoms. The Morgan fingerprint density at radius 2 is 1.76 bits per heavy atom. The number of aliphatic hydroxyl groups excluding tert-OH is 1. The Labute approximate surface area is 105 Å². The van der Waals surface area contributed by atoms with Crippen molar-refractivity contribution in [3.05, 3.63) is 0 Å². The van der Waals surface area contributed by atoms with Crippen molar-refractivity contribution in [3.8, 4) is 0 Å². The van der Waals surface area contributed by atoms with Crippen molar-refractivity contribution in [1.29, 1.82) is 0 Å². The zero-order valence-corrected chi connectivity index (χ0v) is 12.0. The van der Waals surface area contributed by atoms with Crippen LogP contribution in [0.2, 0.25) is 0 Å². The van der Waals surface area contributed by atoms with Gasteiger partial charge in [-0.3, -0.25) is 4.79 Å². The monoisotopic (exact) mass is 244 g/mol. The SMILES string of the molecule is CC(C)CNC(=O)C(O)C(C)NCC(C)(C)C. The van der Waals surface area contributed by atoms with Crippen LogP contribution in [0, 0.1) is 11.3 Å². The summed E-state index contributed by atoms with van der Waals surface area (Å²) in [6.07, 6.45) is -0.990. The van der Waals surface area contributed by atoms with Gasteiger partial charge in [-0.15, -0.1) is 0 Å². The predicted molar refractivity (Wildman–Crippen MR) is 70.8 cm³/mol. The minimum Gasteiger partial charge on any atom is -0.382 e. The minimum absolute atomic E-state index is 0.141. The summed E-state index contributed by atoms with van der Waals surface area (Å²) in [6, 6.07) is -0.235. The van der Waals surface area contributed by atoms with Crippen molar-refractivity contribution >= 4 is 5.91 Å². The lowest BCUT2D eigenvalue weighted by Gasteiger charge is -2.25. The number of carbonyl (C=O) groups excluding carboxylic acids is 1. The van der Waals surface area contributed by atoms with E-state index in [0.29, 0.717) is 12.5 Å². The van der Waals surface area contributed by atoms with E-state index in [2.05, 4.69) is 31.4 Å². The maximum atomic E-state index is 11.6. The van der Waals surface area contributed by atoms with Crippen molar-refractivity contribution in [3.63, 3.8) is 0 Å². The Bertz CT molecular complexity index is 234. The lowest BCUT2D eigenvalue weighted by molar-refractivity contribution is -0.130. The highest BCUT2D eigenvalue weighted by atomic mass is 16.3. The third kappa shape index (κ3) is 8.16. The molecule has 0 aliphatic rings. The van der Waals surface area contributed by atoms with Crippen molar-refractivity contribution < 1.29 is 9.90 Å². The van der Waals surface area contributed by atoms with E-state index in [1.165, 1.54) is 0 Å². The minimum atomic E-state index is -0.990. The third-order valence-electron chi connectivity index (χ3n) is 2.38. The van der Waals surface area contributed by atoms with Gasteiger partial charge < -0.3 is 15.7 Å². The van der Waals surface area contributed by atoms with Crippen molar-refractivity contribution in [2.45, 2.75) is 53.7 Å². The van der Waals surface area contributed by atoms with Gasteiger partial charge in [0.15, 0.2) is 0 Å². The summed E-state index contributed by atoms with van der Waals surface area (Å²) >= 11 is 0. The highest BCUT2D eigenvalue weighted by molar-refractivity contribution is 5.81. The fraction of sp³-hybridized carbons (Fsp3) is 0.923. The van der Waals surface area contributed by atoms with Gasteiger partial charge in [-0.05, 0) is 18.3 Å². The molecule has 0 aromatic carbocycles. The molecule has 2 unspecified atom stereocenters. The zero-order valence-electron chi connectivity index (χ0n) is 12.0. The summed E-state index contributed by atoms with van der Waals surface area (Å²) in [5.41, 5.74) is 0.141. The van der Waals surface area contributed by atoms with Crippen LogP contribution in [0.5, 0.6) is 0 Å². The second kappa shape index (κ2) is 6.97. The van der Waals surface area contributed by atoms with E-state index in [1.54, 1.807) is 0 Å². The van der Waals surface area contributed by atoms with Gasteiger partial charge in [0, 0.05) is 19.1 Å². The summed E-state index contributed by atoms with van der Waals surface area (Å²) in [4.78, 5) is 11.6. The van der Waals surface area contributed by atoms with E-state index >= 15 is 0 Å². The van der Waals surface area contributed by atoms with E-state index in [0.717, 1.165) is 6.54 Å². The van der Waals surface area contributed by atoms with Crippen molar-refractivity contribution in [2.75, 3.05) is 13.1 Å². The molecule has 3 N–H and O–H groups in total. The Kier molecular flexibility index (Phi) is 6.72. The molecule has 0 aromatic heterocycles. The van der Waals surface area contributed by atoms with Gasteiger partial charge in [0.25, 0.3) is 0 Å². The van der Waals surface area contributed by atoms with Gasteiger partial charge in [0.1, 0.15) is 6.10 Å². The number of hydrogen-bond donors (Lipinski definition) is 3. The van der Waals surface area contributed by atoms with E-state index < -0.39 is 6.10 Å². The van der Waals surface area contributed by atoms with Crippen LogP contribution in [0.25, 0.3) is 0 Å². The third-order valence-corrected chi connectivity index (χ3v) is 2.38. The normalized spacial score (nSPS) is 15.8. The molecule has 0 aromatic rings. The molecule has 1 amide bonds. The van der Waals surface area contributed by atoms with Crippen LogP contribution in [-0.4, -0.2) is 36.2 Å². The summed E-state index contributed by atoms with van der Waals surface area (Å²) in [6.45, 7) is 13.6. The first-order valence-electron chi connectivity index (χ1n) is 6.32. The first kappa shape index (κ1) is 16.4. The predicted octanol–water partition coefficient (Wildman–Crippen LogP) is 1.14. The molecular weight excluding hydrogens is 216 g/mol. The second-order valence-corrected chi connectivity index (χ2v) is 6.31. The topological polar surface area (TPSA) is 61.4 Å². The van der Waals surface area contributed by atoms with Crippen LogP contribution >= 0.6 is 0 Å². The molecule has 0 heterocycles. The fourth-order valence-corrected chi connectivity index (χ4v) is 1.22. The standard InChI is InChI=1S/C13H28N2O2/c1-9(2)7-14-12(17)11(16)10(3)15-8-13(4,5)6/h9-11,15-16H,7-8H2,1-6H3,(H,14,17). The quantitative estimate of drug-likeness (QED) is 0.657. The van der Waals surface area contributed by atoms with Gasteiger partial charge in [-0.25, -0.2) is 0 Å². The molecule has 0 saturated heterocycles. The molecule has 0 bridgehead atoms. The Balaban J connectivity index is 4.03. The molecule has 0 radical (unpaired) electrons. The lowest BCUT2D eigenvalue weighted by Crippen LogP contribution is -2.49. The molecule has 17 heavy (non-hydrogen) atoms. The van der Waals surface area contributed by atoms with Crippen LogP contribution in [-0.2, 0) is 4.79 Å². The average Bonchev–Trinajstić information content (AvgIpc) is 2.20. The van der Waals surface area contributed by atoms with Crippen molar-refractivity contribution in [2.24, 2.45) is 11.3 Å². The molecule has 0 saturated carbocycles. The molecule has 0 fully saturated rings. The number of nitrogens with one attached hydrogen (secondary N) is 2. The number of rotatable bonds is 6. The lowest BCUT2D eigenvalue weighted by atomic mass is 9.96. The highest BCUT2D eigenvalue weighted by Gasteiger charge is 2.23. The second-order valence-electron chi connectivity index (χ2n) is 6.31. The molecule has 0 aliphatic heterocycles. The summed E-state index contributed by atoms with van der Waals surface area (Å²) in [5, 5.41) is 15.7. The van der Waals surface area contributed by atoms with Gasteiger partial charge in [-0.1, -0.05) is 34.6 Å². The molecule has 0 aliphatic carbocycles. The van der Waals surface area contributed by atoms with Crippen LogP contribution in [0.15, 0.2) is 0 Å². The first-order chi connectivity index (χ1) is 7.63. The number of aliphatic hydroxyl groups is 1. The molecule has 0 rings (SSSR count). The van der Waals surface area contributed by atoms with E-state index in [-0.39, 0.29) is 17.4 Å². The smallest absolute Gasteiger partial charge is 0.250 e. The average molecular weight is 244 g/mol. The summed E-state index contributed by atoms with van der Waals surface area (Å²) in [7, 11) is 0. The summed E-state index contributed by atoms with van der Waals surface area (Å²) in [5.74, 6) is 0.0941. The number of hydrogen-bond acceptors (Lipinski definition) is 3. The molecular formula is C13H28N2O2.